The quantitative estimate of drug-likeness (QED) is 0.420. The van der Waals surface area contributed by atoms with Crippen LogP contribution in [0.15, 0.2) is 72.8 Å². The summed E-state index contributed by atoms with van der Waals surface area (Å²) in [4.78, 5) is 29.6. The van der Waals surface area contributed by atoms with Crippen molar-refractivity contribution < 1.29 is 19.1 Å². The molecule has 0 saturated heterocycles. The molecular weight excluding hydrogens is 418 g/mol. The second kappa shape index (κ2) is 9.99. The summed E-state index contributed by atoms with van der Waals surface area (Å²) in [6, 6.07) is 23.0. The van der Waals surface area contributed by atoms with E-state index in [-0.39, 0.29) is 19.0 Å². The maximum atomic E-state index is 12.9. The van der Waals surface area contributed by atoms with Crippen molar-refractivity contribution >= 4 is 22.9 Å². The molecule has 1 aromatic heterocycles. The Morgan fingerprint density at radius 2 is 1.70 bits per heavy atom. The van der Waals surface area contributed by atoms with E-state index < -0.39 is 5.97 Å². The zero-order chi connectivity index (χ0) is 23.2. The van der Waals surface area contributed by atoms with E-state index in [9.17, 15) is 9.59 Å². The zero-order valence-corrected chi connectivity index (χ0v) is 18.6. The van der Waals surface area contributed by atoms with Gasteiger partial charge in [-0.15, -0.1) is 0 Å². The number of amides is 1. The maximum Gasteiger partial charge on any atom is 0.341 e. The number of fused-ring (bicyclic) bond motifs is 1. The highest BCUT2D eigenvalue weighted by Crippen LogP contribution is 2.21. The normalized spacial score (nSPS) is 10.7. The molecule has 168 valence electrons. The van der Waals surface area contributed by atoms with Crippen LogP contribution in [-0.4, -0.2) is 35.6 Å². The van der Waals surface area contributed by atoms with Crippen molar-refractivity contribution in [1.82, 2.24) is 14.9 Å². The molecule has 0 spiro atoms. The molecule has 1 amide bonds. The first-order chi connectivity index (χ1) is 16.1. The number of nitrogens with zero attached hydrogens (tertiary/aromatic N) is 2. The van der Waals surface area contributed by atoms with E-state index in [1.807, 2.05) is 59.2 Å². The average Bonchev–Trinajstić information content (AvgIpc) is 3.19. The maximum absolute atomic E-state index is 12.9. The van der Waals surface area contributed by atoms with E-state index in [1.54, 1.807) is 18.2 Å². The van der Waals surface area contributed by atoms with E-state index >= 15 is 0 Å². The Morgan fingerprint density at radius 1 is 0.939 bits per heavy atom. The van der Waals surface area contributed by atoms with Gasteiger partial charge in [0.2, 0.25) is 5.91 Å². The first kappa shape index (κ1) is 22.1. The molecule has 0 saturated carbocycles. The van der Waals surface area contributed by atoms with Crippen molar-refractivity contribution in [2.75, 3.05) is 14.2 Å². The Morgan fingerprint density at radius 3 is 2.45 bits per heavy atom. The van der Waals surface area contributed by atoms with Crippen LogP contribution in [0.4, 0.5) is 0 Å². The van der Waals surface area contributed by atoms with Crippen molar-refractivity contribution in [3.8, 4) is 5.75 Å². The minimum Gasteiger partial charge on any atom is -0.496 e. The number of esters is 1. The van der Waals surface area contributed by atoms with Gasteiger partial charge in [0.1, 0.15) is 23.7 Å². The lowest BCUT2D eigenvalue weighted by Gasteiger charge is -2.12. The zero-order valence-electron chi connectivity index (χ0n) is 18.6. The molecule has 1 N–H and O–H groups in total. The number of imidazole rings is 1. The number of para-hydroxylation sites is 2. The molecule has 0 aliphatic carbocycles. The highest BCUT2D eigenvalue weighted by atomic mass is 16.5. The van der Waals surface area contributed by atoms with Crippen molar-refractivity contribution in [2.24, 2.45) is 0 Å². The molecule has 0 bridgehead atoms. The molecule has 0 atom stereocenters. The fraction of sp³-hybridized carbons (Fsp3) is 0.192. The van der Waals surface area contributed by atoms with Gasteiger partial charge in [-0.3, -0.25) is 4.79 Å². The van der Waals surface area contributed by atoms with Gasteiger partial charge in [0.15, 0.2) is 0 Å². The molecule has 0 fully saturated rings. The molecule has 0 unspecified atom stereocenters. The average molecular weight is 444 g/mol. The molecule has 0 aliphatic heterocycles. The lowest BCUT2D eigenvalue weighted by molar-refractivity contribution is -0.121. The molecule has 3 aromatic carbocycles. The Kier molecular flexibility index (Phi) is 6.69. The van der Waals surface area contributed by atoms with Crippen molar-refractivity contribution in [3.63, 3.8) is 0 Å². The number of rotatable bonds is 8. The number of carbonyl (C=O) groups is 2. The summed E-state index contributed by atoms with van der Waals surface area (Å²) in [6.07, 6.45) is 0.629. The number of methoxy groups -OCH3 is 2. The number of benzene rings is 3. The molecule has 4 rings (SSSR count). The van der Waals surface area contributed by atoms with E-state index in [0.29, 0.717) is 17.7 Å². The van der Waals surface area contributed by atoms with Crippen LogP contribution in [0.25, 0.3) is 11.0 Å². The second-order valence-corrected chi connectivity index (χ2v) is 7.57. The number of ether oxygens (including phenoxy) is 2. The second-order valence-electron chi connectivity index (χ2n) is 7.57. The minimum atomic E-state index is -0.490. The summed E-state index contributed by atoms with van der Waals surface area (Å²) in [5, 5.41) is 2.93. The van der Waals surface area contributed by atoms with E-state index in [2.05, 4.69) is 5.32 Å². The third kappa shape index (κ3) is 5.03. The molecule has 7 nitrogen and oxygen atoms in total. The van der Waals surface area contributed by atoms with Gasteiger partial charge >= 0.3 is 5.97 Å². The predicted octanol–water partition coefficient (Wildman–Crippen LogP) is 3.74. The van der Waals surface area contributed by atoms with Crippen LogP contribution in [0.2, 0.25) is 0 Å². The molecule has 4 aromatic rings. The summed E-state index contributed by atoms with van der Waals surface area (Å²) >= 11 is 0. The van der Waals surface area contributed by atoms with Gasteiger partial charge in [-0.25, -0.2) is 9.78 Å². The molecule has 1 heterocycles. The summed E-state index contributed by atoms with van der Waals surface area (Å²) < 4.78 is 12.0. The summed E-state index contributed by atoms with van der Waals surface area (Å²) in [5.41, 5.74) is 3.98. The van der Waals surface area contributed by atoms with Crippen molar-refractivity contribution in [2.45, 2.75) is 19.5 Å². The summed E-state index contributed by atoms with van der Waals surface area (Å²) in [7, 11) is 2.81. The van der Waals surface area contributed by atoms with Gasteiger partial charge < -0.3 is 19.4 Å². The third-order valence-electron chi connectivity index (χ3n) is 5.40. The van der Waals surface area contributed by atoms with Crippen LogP contribution in [0.3, 0.4) is 0 Å². The molecule has 33 heavy (non-hydrogen) atoms. The van der Waals surface area contributed by atoms with Crippen LogP contribution in [0.5, 0.6) is 5.75 Å². The van der Waals surface area contributed by atoms with Crippen LogP contribution in [-0.2, 0) is 29.0 Å². The van der Waals surface area contributed by atoms with Gasteiger partial charge in [0, 0.05) is 13.0 Å². The number of hydrogen-bond acceptors (Lipinski definition) is 5. The van der Waals surface area contributed by atoms with Crippen molar-refractivity contribution in [3.05, 3.63) is 95.3 Å². The fourth-order valence-electron chi connectivity index (χ4n) is 3.75. The predicted molar refractivity (Wildman–Crippen MR) is 125 cm³/mol. The van der Waals surface area contributed by atoms with Gasteiger partial charge in [-0.05, 0) is 35.4 Å². The van der Waals surface area contributed by atoms with Gasteiger partial charge in [-0.1, -0.05) is 48.5 Å². The van der Waals surface area contributed by atoms with E-state index in [0.717, 1.165) is 28.0 Å². The topological polar surface area (TPSA) is 82.5 Å². The van der Waals surface area contributed by atoms with E-state index in [1.165, 1.54) is 14.2 Å². The third-order valence-corrected chi connectivity index (χ3v) is 5.40. The van der Waals surface area contributed by atoms with Gasteiger partial charge in [-0.2, -0.15) is 0 Å². The number of nitrogens with one attached hydrogen (secondary N) is 1. The highest BCUT2D eigenvalue weighted by Gasteiger charge is 2.16. The Bertz CT molecular complexity index is 1280. The highest BCUT2D eigenvalue weighted by molar-refractivity contribution is 5.92. The first-order valence-corrected chi connectivity index (χ1v) is 10.6. The van der Waals surface area contributed by atoms with Crippen LogP contribution in [0.1, 0.15) is 27.3 Å². The Balaban J connectivity index is 1.51. The van der Waals surface area contributed by atoms with Gasteiger partial charge in [0.25, 0.3) is 0 Å². The standard InChI is InChI=1S/C26H25N3O4/c1-32-23-13-12-19(14-20(23)26(31)33-2)16-27-25(30)17-29-22-11-7-6-10-21(22)28-24(29)15-18-8-4-3-5-9-18/h3-14H,15-17H2,1-2H3,(H,27,30). The molecule has 0 aliphatic rings. The van der Waals surface area contributed by atoms with Crippen LogP contribution >= 0.6 is 0 Å². The monoisotopic (exact) mass is 443 g/mol. The first-order valence-electron chi connectivity index (χ1n) is 10.6. The summed E-state index contributed by atoms with van der Waals surface area (Å²) in [6.45, 7) is 0.413. The smallest absolute Gasteiger partial charge is 0.341 e. The lowest BCUT2D eigenvalue weighted by atomic mass is 10.1. The summed E-state index contributed by atoms with van der Waals surface area (Å²) in [5.74, 6) is 0.612. The van der Waals surface area contributed by atoms with Crippen LogP contribution in [0, 0.1) is 0 Å². The Hall–Kier alpha value is -4.13. The van der Waals surface area contributed by atoms with Crippen molar-refractivity contribution in [1.29, 1.82) is 0 Å². The van der Waals surface area contributed by atoms with Crippen LogP contribution < -0.4 is 10.1 Å². The largest absolute Gasteiger partial charge is 0.496 e. The molecule has 7 heteroatoms. The number of carbonyl (C=O) groups excluding carboxylic acids is 2. The minimum absolute atomic E-state index is 0.142. The Labute approximate surface area is 192 Å². The molecule has 0 radical (unpaired) electrons. The lowest BCUT2D eigenvalue weighted by Crippen LogP contribution is -2.28. The molecular formula is C26H25N3O4. The fourth-order valence-corrected chi connectivity index (χ4v) is 3.75. The SMILES string of the molecule is COC(=O)c1cc(CNC(=O)Cn2c(Cc3ccccc3)nc3ccccc32)ccc1OC. The number of hydrogen-bond donors (Lipinski definition) is 1. The number of aromatic nitrogens is 2. The van der Waals surface area contributed by atoms with Gasteiger partial charge in [0.05, 0.1) is 25.3 Å². The van der Waals surface area contributed by atoms with E-state index in [4.69, 9.17) is 14.5 Å².